The number of amides is 2. The molecule has 1 aromatic rings. The van der Waals surface area contributed by atoms with E-state index in [2.05, 4.69) is 0 Å². The predicted molar refractivity (Wildman–Crippen MR) is 70.1 cm³/mol. The van der Waals surface area contributed by atoms with Gasteiger partial charge >= 0.3 is 0 Å². The number of benzene rings is 1. The molecule has 20 heavy (non-hydrogen) atoms. The highest BCUT2D eigenvalue weighted by Crippen LogP contribution is 2.12. The number of carbonyl (C=O) groups is 3. The molecule has 0 radical (unpaired) electrons. The first-order valence-electron chi connectivity index (χ1n) is 5.37. The van der Waals surface area contributed by atoms with E-state index in [1.807, 2.05) is 0 Å². The van der Waals surface area contributed by atoms with E-state index >= 15 is 0 Å². The maximum absolute atomic E-state index is 11.6. The Labute approximate surface area is 113 Å². The summed E-state index contributed by atoms with van der Waals surface area (Å²) in [6.07, 6.45) is 0.649. The number of rotatable bonds is 5. The number of hydrogen-bond acceptors (Lipinski definition) is 5. The zero-order valence-electron chi connectivity index (χ0n) is 10.2. The lowest BCUT2D eigenvalue weighted by Gasteiger charge is -2.02. The highest BCUT2D eigenvalue weighted by molar-refractivity contribution is 6.23. The minimum atomic E-state index is -1.34. The smallest absolute Gasteiger partial charge is 0.258 e. The second-order valence-electron chi connectivity index (χ2n) is 3.71. The molecule has 0 aliphatic heterocycles. The lowest BCUT2D eigenvalue weighted by molar-refractivity contribution is -0.122. The Morgan fingerprint density at radius 1 is 0.950 bits per heavy atom. The van der Waals surface area contributed by atoms with Crippen LogP contribution < -0.4 is 11.5 Å². The lowest BCUT2D eigenvalue weighted by Crippen LogP contribution is -2.29. The molecule has 0 heterocycles. The van der Waals surface area contributed by atoms with Crippen molar-refractivity contribution in [3.8, 4) is 0 Å². The van der Waals surface area contributed by atoms with Gasteiger partial charge in [0.2, 0.25) is 5.78 Å². The van der Waals surface area contributed by atoms with Crippen LogP contribution in [0.1, 0.15) is 5.56 Å². The van der Waals surface area contributed by atoms with Gasteiger partial charge in [0.1, 0.15) is 11.3 Å². The zero-order chi connectivity index (χ0) is 15.3. The molecule has 0 atom stereocenters. The van der Waals surface area contributed by atoms with Crippen LogP contribution in [0.15, 0.2) is 47.7 Å². The molecule has 0 saturated carbocycles. The highest BCUT2D eigenvalue weighted by atomic mass is 16.3. The van der Waals surface area contributed by atoms with Crippen LogP contribution in [0.25, 0.3) is 5.76 Å². The van der Waals surface area contributed by atoms with Gasteiger partial charge in [-0.2, -0.15) is 0 Å². The fraction of sp³-hybridized carbons (Fsp3) is 0. The Hall–Kier alpha value is -3.09. The molecule has 7 nitrogen and oxygen atoms in total. The van der Waals surface area contributed by atoms with Gasteiger partial charge in [-0.25, -0.2) is 0 Å². The number of allylic oxidation sites excluding steroid dienone is 1. The van der Waals surface area contributed by atoms with E-state index in [0.29, 0.717) is 11.6 Å². The quantitative estimate of drug-likeness (QED) is 0.258. The fourth-order valence-electron chi connectivity index (χ4n) is 1.36. The van der Waals surface area contributed by atoms with Gasteiger partial charge in [0.25, 0.3) is 11.8 Å². The van der Waals surface area contributed by atoms with Crippen LogP contribution in [0.3, 0.4) is 0 Å². The zero-order valence-corrected chi connectivity index (χ0v) is 10.2. The summed E-state index contributed by atoms with van der Waals surface area (Å²) in [5.74, 6) is -5.51. The van der Waals surface area contributed by atoms with Crippen molar-refractivity contribution >= 4 is 23.4 Å². The molecule has 0 saturated heterocycles. The molecule has 0 spiro atoms. The van der Waals surface area contributed by atoms with Crippen molar-refractivity contribution in [2.24, 2.45) is 11.5 Å². The summed E-state index contributed by atoms with van der Waals surface area (Å²) in [6.45, 7) is 0. The second kappa shape index (κ2) is 6.19. The molecule has 2 amide bonds. The minimum Gasteiger partial charge on any atom is -0.507 e. The van der Waals surface area contributed by atoms with Crippen molar-refractivity contribution in [3.05, 3.63) is 53.3 Å². The van der Waals surface area contributed by atoms with Gasteiger partial charge in [0, 0.05) is 11.6 Å². The third-order valence-corrected chi connectivity index (χ3v) is 2.30. The maximum atomic E-state index is 11.6. The third-order valence-electron chi connectivity index (χ3n) is 2.30. The molecule has 0 fully saturated rings. The van der Waals surface area contributed by atoms with Crippen molar-refractivity contribution in [2.45, 2.75) is 0 Å². The van der Waals surface area contributed by atoms with E-state index < -0.39 is 34.7 Å². The summed E-state index contributed by atoms with van der Waals surface area (Å²) in [5, 5.41) is 19.2. The van der Waals surface area contributed by atoms with Crippen molar-refractivity contribution in [2.75, 3.05) is 0 Å². The predicted octanol–water partition coefficient (Wildman–Crippen LogP) is -0.0627. The van der Waals surface area contributed by atoms with Gasteiger partial charge in [-0.05, 0) is 0 Å². The van der Waals surface area contributed by atoms with Crippen LogP contribution in [0.2, 0.25) is 0 Å². The van der Waals surface area contributed by atoms with E-state index in [1.165, 1.54) is 12.1 Å². The lowest BCUT2D eigenvalue weighted by atomic mass is 10.1. The van der Waals surface area contributed by atoms with Crippen LogP contribution in [0.5, 0.6) is 0 Å². The molecule has 104 valence electrons. The highest BCUT2D eigenvalue weighted by Gasteiger charge is 2.22. The van der Waals surface area contributed by atoms with E-state index in [4.69, 9.17) is 11.5 Å². The van der Waals surface area contributed by atoms with Crippen LogP contribution in [0.4, 0.5) is 0 Å². The first kappa shape index (κ1) is 15.0. The first-order valence-corrected chi connectivity index (χ1v) is 5.37. The summed E-state index contributed by atoms with van der Waals surface area (Å²) in [4.78, 5) is 33.4. The van der Waals surface area contributed by atoms with E-state index in [-0.39, 0.29) is 0 Å². The van der Waals surface area contributed by atoms with E-state index in [9.17, 15) is 24.6 Å². The molecule has 0 unspecified atom stereocenters. The number of aliphatic hydroxyl groups is 2. The van der Waals surface area contributed by atoms with Crippen LogP contribution in [-0.4, -0.2) is 27.8 Å². The van der Waals surface area contributed by atoms with Crippen LogP contribution >= 0.6 is 0 Å². The SMILES string of the molecule is NC(=O)C(C(N)=O)=C(O)C(=O)/C=C(\O)c1ccccc1. The Morgan fingerprint density at radius 3 is 1.90 bits per heavy atom. The molecule has 6 N–H and O–H groups in total. The average Bonchev–Trinajstić information content (AvgIpc) is 2.38. The fourth-order valence-corrected chi connectivity index (χ4v) is 1.36. The molecule has 1 rings (SSSR count). The van der Waals surface area contributed by atoms with Crippen molar-refractivity contribution < 1.29 is 24.6 Å². The van der Waals surface area contributed by atoms with Crippen molar-refractivity contribution in [1.29, 1.82) is 0 Å². The Bertz CT molecular complexity index is 601. The van der Waals surface area contributed by atoms with Gasteiger partial charge in [0.15, 0.2) is 5.76 Å². The summed E-state index contributed by atoms with van der Waals surface area (Å²) < 4.78 is 0. The second-order valence-corrected chi connectivity index (χ2v) is 3.71. The van der Waals surface area contributed by atoms with Gasteiger partial charge in [-0.1, -0.05) is 30.3 Å². The monoisotopic (exact) mass is 276 g/mol. The maximum Gasteiger partial charge on any atom is 0.258 e. The molecular formula is C13H12N2O5. The summed E-state index contributed by atoms with van der Waals surface area (Å²) in [5.41, 5.74) is 8.94. The van der Waals surface area contributed by atoms with Gasteiger partial charge < -0.3 is 21.7 Å². The minimum absolute atomic E-state index is 0.313. The van der Waals surface area contributed by atoms with Crippen LogP contribution in [-0.2, 0) is 14.4 Å². The Kier molecular flexibility index (Phi) is 4.63. The molecule has 0 aliphatic carbocycles. The van der Waals surface area contributed by atoms with Crippen molar-refractivity contribution in [3.63, 3.8) is 0 Å². The first-order chi connectivity index (χ1) is 9.34. The Morgan fingerprint density at radius 2 is 1.45 bits per heavy atom. The molecule has 0 aromatic heterocycles. The van der Waals surface area contributed by atoms with Gasteiger partial charge in [0.05, 0.1) is 0 Å². The Balaban J connectivity index is 3.16. The summed E-state index contributed by atoms with van der Waals surface area (Å²) in [7, 11) is 0. The van der Waals surface area contributed by atoms with E-state index in [1.54, 1.807) is 18.2 Å². The average molecular weight is 276 g/mol. The number of ketones is 1. The summed E-state index contributed by atoms with van der Waals surface area (Å²) in [6, 6.07) is 7.98. The van der Waals surface area contributed by atoms with Gasteiger partial charge in [-0.3, -0.25) is 14.4 Å². The molecule has 7 heteroatoms. The van der Waals surface area contributed by atoms with Gasteiger partial charge in [-0.15, -0.1) is 0 Å². The van der Waals surface area contributed by atoms with Crippen molar-refractivity contribution in [1.82, 2.24) is 0 Å². The van der Waals surface area contributed by atoms with E-state index in [0.717, 1.165) is 0 Å². The number of nitrogens with two attached hydrogens (primary N) is 2. The standard InChI is InChI=1S/C13H12N2O5/c14-12(19)10(13(15)20)11(18)9(17)6-8(16)7-4-2-1-3-5-7/h1-6,16,18H,(H2,14,19)(H2,15,20)/b8-6-. The number of aliphatic hydroxyl groups excluding tert-OH is 2. The largest absolute Gasteiger partial charge is 0.507 e. The number of hydrogen-bond donors (Lipinski definition) is 4. The summed E-state index contributed by atoms with van der Waals surface area (Å²) >= 11 is 0. The molecule has 0 bridgehead atoms. The number of carbonyl (C=O) groups excluding carboxylic acids is 3. The van der Waals surface area contributed by atoms with Crippen LogP contribution in [0, 0.1) is 0 Å². The molecular weight excluding hydrogens is 264 g/mol. The number of primary amides is 2. The third kappa shape index (κ3) is 3.45. The topological polar surface area (TPSA) is 144 Å². The normalized spacial score (nSPS) is 10.7. The molecule has 0 aliphatic rings. The molecule has 1 aromatic carbocycles.